The normalized spacial score (nSPS) is 12.1. The van der Waals surface area contributed by atoms with Crippen LogP contribution >= 0.6 is 0 Å². The molecule has 0 aliphatic heterocycles. The number of nitrogens with one attached hydrogen (secondary N) is 1. The van der Waals surface area contributed by atoms with E-state index in [0.717, 1.165) is 22.2 Å². The maximum Gasteiger partial charge on any atom is 0.254 e. The minimum Gasteiger partial charge on any atom is -0.493 e. The number of amides is 1. The maximum absolute atomic E-state index is 14.0. The number of nitrogens with zero attached hydrogens (tertiary/aromatic N) is 3. The highest BCUT2D eigenvalue weighted by Gasteiger charge is 2.26. The van der Waals surface area contributed by atoms with Crippen molar-refractivity contribution in [3.05, 3.63) is 77.0 Å². The minimum atomic E-state index is -0.635. The summed E-state index contributed by atoms with van der Waals surface area (Å²) >= 11 is 0. The molecule has 4 aromatic rings. The van der Waals surface area contributed by atoms with Gasteiger partial charge in [0.15, 0.2) is 0 Å². The fourth-order valence-corrected chi connectivity index (χ4v) is 4.17. The van der Waals surface area contributed by atoms with E-state index in [1.807, 2.05) is 26.8 Å². The molecule has 0 aliphatic carbocycles. The molecule has 0 radical (unpaired) electrons. The SMILES string of the molecule is CCOc1cc(C(=O)N(C)[C@H](CO)c2cnc(C)c3cn[nH]c23)ccc1-c1cc(C)cc(F)c1. The molecule has 2 heterocycles. The summed E-state index contributed by atoms with van der Waals surface area (Å²) in [5.74, 6) is -0.143. The van der Waals surface area contributed by atoms with Crippen LogP contribution in [0.3, 0.4) is 0 Å². The molecule has 0 unspecified atom stereocenters. The van der Waals surface area contributed by atoms with Gasteiger partial charge in [0, 0.05) is 41.0 Å². The number of aliphatic hydroxyl groups is 1. The molecule has 176 valence electrons. The lowest BCUT2D eigenvalue weighted by Gasteiger charge is -2.27. The molecule has 2 aromatic heterocycles. The quantitative estimate of drug-likeness (QED) is 0.419. The van der Waals surface area contributed by atoms with Crippen molar-refractivity contribution in [2.45, 2.75) is 26.8 Å². The van der Waals surface area contributed by atoms with Crippen LogP contribution in [0.25, 0.3) is 22.0 Å². The summed E-state index contributed by atoms with van der Waals surface area (Å²) in [7, 11) is 1.63. The van der Waals surface area contributed by atoms with E-state index in [1.165, 1.54) is 17.0 Å². The number of carbonyl (C=O) groups excluding carboxylic acids is 1. The summed E-state index contributed by atoms with van der Waals surface area (Å²) in [4.78, 5) is 19.3. The van der Waals surface area contributed by atoms with Gasteiger partial charge in [-0.05, 0) is 62.2 Å². The lowest BCUT2D eigenvalue weighted by Crippen LogP contribution is -2.33. The van der Waals surface area contributed by atoms with Crippen LogP contribution in [0.1, 0.15) is 40.1 Å². The Balaban J connectivity index is 1.70. The van der Waals surface area contributed by atoms with Crippen molar-refractivity contribution in [2.24, 2.45) is 0 Å². The molecule has 0 fully saturated rings. The number of carbonyl (C=O) groups is 1. The third kappa shape index (κ3) is 4.36. The summed E-state index contributed by atoms with van der Waals surface area (Å²) in [5, 5.41) is 18.1. The van der Waals surface area contributed by atoms with Crippen molar-refractivity contribution < 1.29 is 19.0 Å². The van der Waals surface area contributed by atoms with Crippen molar-refractivity contribution >= 4 is 16.8 Å². The number of likely N-dealkylation sites (N-methyl/N-ethyl adjacent to an activating group) is 1. The first-order valence-corrected chi connectivity index (χ1v) is 11.0. The first-order chi connectivity index (χ1) is 16.3. The van der Waals surface area contributed by atoms with E-state index in [4.69, 9.17) is 4.74 Å². The number of hydrogen-bond acceptors (Lipinski definition) is 5. The Morgan fingerprint density at radius 1 is 1.21 bits per heavy atom. The van der Waals surface area contributed by atoms with Crippen LogP contribution in [0.5, 0.6) is 5.75 Å². The predicted octanol–water partition coefficient (Wildman–Crippen LogP) is 4.59. The van der Waals surface area contributed by atoms with Gasteiger partial charge >= 0.3 is 0 Å². The lowest BCUT2D eigenvalue weighted by molar-refractivity contribution is 0.0659. The fourth-order valence-electron chi connectivity index (χ4n) is 4.17. The second kappa shape index (κ2) is 9.61. The Kier molecular flexibility index (Phi) is 6.61. The highest BCUT2D eigenvalue weighted by atomic mass is 19.1. The third-order valence-electron chi connectivity index (χ3n) is 5.92. The average molecular weight is 463 g/mol. The molecule has 0 saturated heterocycles. The molecule has 2 N–H and O–H groups in total. The van der Waals surface area contributed by atoms with Gasteiger partial charge in [-0.2, -0.15) is 5.10 Å². The first kappa shape index (κ1) is 23.4. The molecule has 1 atom stereocenters. The molecule has 0 aliphatic rings. The number of ether oxygens (including phenoxy) is 1. The van der Waals surface area contributed by atoms with Crippen LogP contribution < -0.4 is 4.74 Å². The minimum absolute atomic E-state index is 0.292. The Morgan fingerprint density at radius 2 is 2.00 bits per heavy atom. The van der Waals surface area contributed by atoms with Gasteiger partial charge in [0.25, 0.3) is 5.91 Å². The molecular weight excluding hydrogens is 435 g/mol. The van der Waals surface area contributed by atoms with Gasteiger partial charge in [-0.1, -0.05) is 6.07 Å². The van der Waals surface area contributed by atoms with E-state index in [9.17, 15) is 14.3 Å². The van der Waals surface area contributed by atoms with Crippen LogP contribution in [0.2, 0.25) is 0 Å². The molecule has 1 amide bonds. The number of pyridine rings is 1. The highest BCUT2D eigenvalue weighted by molar-refractivity contribution is 5.96. The Morgan fingerprint density at radius 3 is 2.71 bits per heavy atom. The van der Waals surface area contributed by atoms with Crippen LogP contribution in [0, 0.1) is 19.7 Å². The number of benzene rings is 2. The number of hydrogen-bond donors (Lipinski definition) is 2. The zero-order valence-electron chi connectivity index (χ0n) is 19.6. The second-order valence-electron chi connectivity index (χ2n) is 8.23. The van der Waals surface area contributed by atoms with Gasteiger partial charge in [0.2, 0.25) is 0 Å². The summed E-state index contributed by atoms with van der Waals surface area (Å²) in [6, 6.07) is 9.24. The van der Waals surface area contributed by atoms with E-state index in [1.54, 1.807) is 37.6 Å². The van der Waals surface area contributed by atoms with Gasteiger partial charge in [-0.3, -0.25) is 14.9 Å². The molecule has 0 spiro atoms. The summed E-state index contributed by atoms with van der Waals surface area (Å²) < 4.78 is 19.8. The summed E-state index contributed by atoms with van der Waals surface area (Å²) in [5.41, 5.74) is 4.77. The van der Waals surface area contributed by atoms with Gasteiger partial charge in [0.05, 0.1) is 31.0 Å². The summed E-state index contributed by atoms with van der Waals surface area (Å²) in [6.45, 7) is 5.65. The number of H-pyrrole nitrogens is 1. The predicted molar refractivity (Wildman–Crippen MR) is 128 cm³/mol. The molecule has 7 nitrogen and oxygen atoms in total. The standard InChI is InChI=1S/C26H27FN4O3/c1-5-34-24-11-17(6-7-20(24)18-8-15(2)9-19(27)10-18)26(33)31(4)23(14-32)22-12-28-16(3)21-13-29-30-25(21)22/h6-13,23,32H,5,14H2,1-4H3,(H,29,30)/t23-/m1/s1. The molecule has 0 bridgehead atoms. The largest absolute Gasteiger partial charge is 0.493 e. The molecule has 4 rings (SSSR count). The number of aryl methyl sites for hydroxylation is 2. The number of aliphatic hydroxyl groups excluding tert-OH is 1. The summed E-state index contributed by atoms with van der Waals surface area (Å²) in [6.07, 6.45) is 3.33. The molecular formula is C26H27FN4O3. The van der Waals surface area contributed by atoms with E-state index in [2.05, 4.69) is 15.2 Å². The molecule has 8 heteroatoms. The van der Waals surface area contributed by atoms with Crippen molar-refractivity contribution in [1.82, 2.24) is 20.1 Å². The number of halogens is 1. The Hall–Kier alpha value is -3.78. The van der Waals surface area contributed by atoms with E-state index in [-0.39, 0.29) is 18.3 Å². The molecule has 2 aromatic carbocycles. The van der Waals surface area contributed by atoms with Crippen molar-refractivity contribution in [1.29, 1.82) is 0 Å². The number of fused-ring (bicyclic) bond motifs is 1. The van der Waals surface area contributed by atoms with E-state index >= 15 is 0 Å². The van der Waals surface area contributed by atoms with E-state index < -0.39 is 6.04 Å². The molecule has 34 heavy (non-hydrogen) atoms. The number of aromatic amines is 1. The Labute approximate surface area is 197 Å². The van der Waals surface area contributed by atoms with E-state index in [0.29, 0.717) is 34.6 Å². The topological polar surface area (TPSA) is 91.3 Å². The lowest BCUT2D eigenvalue weighted by atomic mass is 9.99. The maximum atomic E-state index is 14.0. The van der Waals surface area contributed by atoms with Crippen LogP contribution in [0.4, 0.5) is 4.39 Å². The Bertz CT molecular complexity index is 1330. The van der Waals surface area contributed by atoms with Crippen molar-refractivity contribution in [3.63, 3.8) is 0 Å². The third-order valence-corrected chi connectivity index (χ3v) is 5.92. The zero-order chi connectivity index (χ0) is 24.4. The number of rotatable bonds is 7. The smallest absolute Gasteiger partial charge is 0.254 e. The average Bonchev–Trinajstić information content (AvgIpc) is 3.31. The zero-order valence-corrected chi connectivity index (χ0v) is 19.6. The first-order valence-electron chi connectivity index (χ1n) is 11.0. The van der Waals surface area contributed by atoms with Gasteiger partial charge < -0.3 is 14.7 Å². The monoisotopic (exact) mass is 462 g/mol. The van der Waals surface area contributed by atoms with Crippen LogP contribution in [-0.2, 0) is 0 Å². The van der Waals surface area contributed by atoms with Crippen molar-refractivity contribution in [2.75, 3.05) is 20.3 Å². The van der Waals surface area contributed by atoms with Crippen molar-refractivity contribution in [3.8, 4) is 16.9 Å². The van der Waals surface area contributed by atoms with Crippen LogP contribution in [-0.4, -0.2) is 51.4 Å². The van der Waals surface area contributed by atoms with Gasteiger partial charge in [-0.15, -0.1) is 0 Å². The number of aromatic nitrogens is 3. The molecule has 0 saturated carbocycles. The van der Waals surface area contributed by atoms with Gasteiger partial charge in [0.1, 0.15) is 11.6 Å². The van der Waals surface area contributed by atoms with Crippen LogP contribution in [0.15, 0.2) is 48.8 Å². The highest BCUT2D eigenvalue weighted by Crippen LogP contribution is 2.34. The van der Waals surface area contributed by atoms with Gasteiger partial charge in [-0.25, -0.2) is 4.39 Å². The fraction of sp³-hybridized carbons (Fsp3) is 0.269. The second-order valence-corrected chi connectivity index (χ2v) is 8.23.